The van der Waals surface area contributed by atoms with Gasteiger partial charge in [-0.3, -0.25) is 0 Å². The minimum atomic E-state index is -0.130. The van der Waals surface area contributed by atoms with Crippen molar-refractivity contribution in [1.29, 1.82) is 0 Å². The predicted molar refractivity (Wildman–Crippen MR) is 110 cm³/mol. The number of rotatable bonds is 6. The van der Waals surface area contributed by atoms with Gasteiger partial charge >= 0.3 is 0 Å². The number of fused-ring (bicyclic) bond motifs is 1. The van der Waals surface area contributed by atoms with E-state index in [0.29, 0.717) is 34.5 Å². The van der Waals surface area contributed by atoms with Gasteiger partial charge in [-0.05, 0) is 47.2 Å². The molecule has 2 aliphatic rings. The molecule has 0 bridgehead atoms. The molecule has 0 aliphatic carbocycles. The molecular weight excluding hydrogens is 388 g/mol. The SMILES string of the molecule is COc1cc([C@H]2O[C@@H](c3cc(OC)c4c(c3)OCO4)[C@H](C)[C@H]2C)cc(OC)c1OC. The van der Waals surface area contributed by atoms with Gasteiger partial charge in [0.05, 0.1) is 40.6 Å². The largest absolute Gasteiger partial charge is 0.493 e. The van der Waals surface area contributed by atoms with Gasteiger partial charge in [0.15, 0.2) is 23.0 Å². The molecule has 2 heterocycles. The van der Waals surface area contributed by atoms with Crippen LogP contribution in [0.25, 0.3) is 0 Å². The van der Waals surface area contributed by atoms with Crippen molar-refractivity contribution in [2.75, 3.05) is 35.2 Å². The summed E-state index contributed by atoms with van der Waals surface area (Å²) in [7, 11) is 6.45. The minimum absolute atomic E-state index is 0.118. The molecule has 0 N–H and O–H groups in total. The topological polar surface area (TPSA) is 64.6 Å². The van der Waals surface area contributed by atoms with Crippen LogP contribution in [0.5, 0.6) is 34.5 Å². The van der Waals surface area contributed by atoms with Crippen molar-refractivity contribution in [3.05, 3.63) is 35.4 Å². The molecule has 0 radical (unpaired) electrons. The van der Waals surface area contributed by atoms with Crippen molar-refractivity contribution in [3.63, 3.8) is 0 Å². The first kappa shape index (κ1) is 20.5. The molecule has 4 atom stereocenters. The summed E-state index contributed by atoms with van der Waals surface area (Å²) in [6.07, 6.45) is -0.248. The summed E-state index contributed by atoms with van der Waals surface area (Å²) >= 11 is 0. The molecule has 1 saturated heterocycles. The van der Waals surface area contributed by atoms with Gasteiger partial charge in [-0.15, -0.1) is 0 Å². The highest BCUT2D eigenvalue weighted by Gasteiger charge is 2.42. The number of hydrogen-bond donors (Lipinski definition) is 0. The maximum absolute atomic E-state index is 6.59. The van der Waals surface area contributed by atoms with Crippen LogP contribution in [0, 0.1) is 11.8 Å². The Balaban J connectivity index is 1.69. The molecule has 2 aromatic carbocycles. The zero-order valence-electron chi connectivity index (χ0n) is 18.2. The van der Waals surface area contributed by atoms with Gasteiger partial charge < -0.3 is 33.2 Å². The first-order valence-corrected chi connectivity index (χ1v) is 9.95. The van der Waals surface area contributed by atoms with E-state index in [0.717, 1.165) is 11.1 Å². The zero-order chi connectivity index (χ0) is 21.4. The number of methoxy groups -OCH3 is 4. The van der Waals surface area contributed by atoms with E-state index in [4.69, 9.17) is 33.2 Å². The van der Waals surface area contributed by atoms with E-state index >= 15 is 0 Å². The second kappa shape index (κ2) is 8.14. The second-order valence-electron chi connectivity index (χ2n) is 7.61. The molecule has 162 valence electrons. The molecule has 30 heavy (non-hydrogen) atoms. The normalized spacial score (nSPS) is 24.6. The Morgan fingerprint density at radius 3 is 1.77 bits per heavy atom. The molecule has 7 heteroatoms. The highest BCUT2D eigenvalue weighted by molar-refractivity contribution is 5.56. The Bertz CT molecular complexity index is 901. The third-order valence-electron chi connectivity index (χ3n) is 6.10. The average Bonchev–Trinajstić information content (AvgIpc) is 3.36. The van der Waals surface area contributed by atoms with Crippen molar-refractivity contribution in [2.24, 2.45) is 11.8 Å². The molecular formula is C23H28O7. The van der Waals surface area contributed by atoms with Gasteiger partial charge in [0.2, 0.25) is 18.3 Å². The van der Waals surface area contributed by atoms with E-state index < -0.39 is 0 Å². The number of ether oxygens (including phenoxy) is 7. The third kappa shape index (κ3) is 3.27. The minimum Gasteiger partial charge on any atom is -0.493 e. The van der Waals surface area contributed by atoms with Crippen molar-refractivity contribution >= 4 is 0 Å². The molecule has 0 unspecified atom stereocenters. The molecule has 7 nitrogen and oxygen atoms in total. The maximum atomic E-state index is 6.59. The molecule has 2 aliphatic heterocycles. The Morgan fingerprint density at radius 1 is 0.700 bits per heavy atom. The first-order valence-electron chi connectivity index (χ1n) is 9.95. The fourth-order valence-corrected chi connectivity index (χ4v) is 4.30. The smallest absolute Gasteiger partial charge is 0.231 e. The van der Waals surface area contributed by atoms with E-state index in [1.54, 1.807) is 28.4 Å². The van der Waals surface area contributed by atoms with Crippen molar-refractivity contribution in [3.8, 4) is 34.5 Å². The van der Waals surface area contributed by atoms with Crippen molar-refractivity contribution in [1.82, 2.24) is 0 Å². The summed E-state index contributed by atoms with van der Waals surface area (Å²) in [4.78, 5) is 0. The molecule has 0 spiro atoms. The Hall–Kier alpha value is -2.80. The molecule has 0 saturated carbocycles. The first-order chi connectivity index (χ1) is 14.5. The highest BCUT2D eigenvalue weighted by atomic mass is 16.7. The van der Waals surface area contributed by atoms with Crippen LogP contribution >= 0.6 is 0 Å². The summed E-state index contributed by atoms with van der Waals surface area (Å²) < 4.78 is 39.7. The zero-order valence-corrected chi connectivity index (χ0v) is 18.2. The van der Waals surface area contributed by atoms with Gasteiger partial charge in [-0.2, -0.15) is 0 Å². The summed E-state index contributed by atoms with van der Waals surface area (Å²) in [6, 6.07) is 7.87. The molecule has 0 aromatic heterocycles. The third-order valence-corrected chi connectivity index (χ3v) is 6.10. The standard InChI is InChI=1S/C23H28O7/c1-12-13(2)21(15-9-18(26-5)23-19(10-15)28-11-29-23)30-20(12)14-7-16(24-3)22(27-6)17(8-14)25-4/h7-10,12-13,20-21H,11H2,1-6H3/t12-,13-,20+,21-/m1/s1. The average molecular weight is 416 g/mol. The van der Waals surface area contributed by atoms with Crippen LogP contribution in [0.4, 0.5) is 0 Å². The fraction of sp³-hybridized carbons (Fsp3) is 0.478. The van der Waals surface area contributed by atoms with Crippen LogP contribution in [0.1, 0.15) is 37.2 Å². The van der Waals surface area contributed by atoms with E-state index in [1.807, 2.05) is 24.3 Å². The Morgan fingerprint density at radius 2 is 1.23 bits per heavy atom. The van der Waals surface area contributed by atoms with Gasteiger partial charge in [0, 0.05) is 0 Å². The van der Waals surface area contributed by atoms with Crippen LogP contribution in [0.3, 0.4) is 0 Å². The lowest BCUT2D eigenvalue weighted by Gasteiger charge is -2.20. The molecule has 4 rings (SSSR count). The summed E-state index contributed by atoms with van der Waals surface area (Å²) in [5, 5.41) is 0. The van der Waals surface area contributed by atoms with E-state index in [1.165, 1.54) is 0 Å². The van der Waals surface area contributed by atoms with Crippen LogP contribution in [-0.4, -0.2) is 35.2 Å². The van der Waals surface area contributed by atoms with Crippen LogP contribution < -0.4 is 28.4 Å². The van der Waals surface area contributed by atoms with Crippen LogP contribution in [0.2, 0.25) is 0 Å². The van der Waals surface area contributed by atoms with Gasteiger partial charge in [0.1, 0.15) is 0 Å². The quantitative estimate of drug-likeness (QED) is 0.685. The van der Waals surface area contributed by atoms with Crippen LogP contribution in [0.15, 0.2) is 24.3 Å². The lowest BCUT2D eigenvalue weighted by Crippen LogP contribution is -2.10. The monoisotopic (exact) mass is 416 g/mol. The van der Waals surface area contributed by atoms with Gasteiger partial charge in [0.25, 0.3) is 0 Å². The summed E-state index contributed by atoms with van der Waals surface area (Å²) in [6.45, 7) is 4.59. The van der Waals surface area contributed by atoms with Gasteiger partial charge in [-0.1, -0.05) is 13.8 Å². The molecule has 0 amide bonds. The van der Waals surface area contributed by atoms with E-state index in [-0.39, 0.29) is 30.8 Å². The highest BCUT2D eigenvalue weighted by Crippen LogP contribution is 2.53. The second-order valence-corrected chi connectivity index (χ2v) is 7.61. The lowest BCUT2D eigenvalue weighted by molar-refractivity contribution is 0.0286. The summed E-state index contributed by atoms with van der Waals surface area (Å²) in [5.41, 5.74) is 1.99. The van der Waals surface area contributed by atoms with Gasteiger partial charge in [-0.25, -0.2) is 0 Å². The molecule has 1 fully saturated rings. The number of benzene rings is 2. The number of hydrogen-bond acceptors (Lipinski definition) is 7. The van der Waals surface area contributed by atoms with Crippen LogP contribution in [-0.2, 0) is 4.74 Å². The Kier molecular flexibility index (Phi) is 5.56. The van der Waals surface area contributed by atoms with E-state index in [2.05, 4.69) is 13.8 Å². The Labute approximate surface area is 176 Å². The lowest BCUT2D eigenvalue weighted by atomic mass is 9.85. The van der Waals surface area contributed by atoms with E-state index in [9.17, 15) is 0 Å². The maximum Gasteiger partial charge on any atom is 0.231 e. The molecule has 2 aromatic rings. The summed E-state index contributed by atoms with van der Waals surface area (Å²) in [5.74, 6) is 4.30. The van der Waals surface area contributed by atoms with Crippen molar-refractivity contribution in [2.45, 2.75) is 26.1 Å². The predicted octanol–water partition coefficient (Wildman–Crippen LogP) is 4.53. The van der Waals surface area contributed by atoms with Crippen molar-refractivity contribution < 1.29 is 33.2 Å². The fourth-order valence-electron chi connectivity index (χ4n) is 4.30.